The highest BCUT2D eigenvalue weighted by Gasteiger charge is 2.52. The topological polar surface area (TPSA) is 29.1 Å². The fraction of sp³-hybridized carbons (Fsp3) is 0. The second kappa shape index (κ2) is 16.6. The van der Waals surface area contributed by atoms with Gasteiger partial charge in [0, 0.05) is 25.4 Å². The Morgan fingerprint density at radius 2 is 0.830 bits per heavy atom. The quantitative estimate of drug-likeness (QED) is 0.112. The summed E-state index contributed by atoms with van der Waals surface area (Å²) in [5.74, 6) is -0.173. The van der Waals surface area contributed by atoms with E-state index in [9.17, 15) is 4.79 Å². The third-order valence-corrected chi connectivity index (χ3v) is 14.6. The van der Waals surface area contributed by atoms with Gasteiger partial charge in [0.05, 0.1) is 0 Å². The van der Waals surface area contributed by atoms with Crippen molar-refractivity contribution >= 4 is 88.2 Å². The molecule has 2 nitrogen and oxygen atoms in total. The Morgan fingerprint density at radius 1 is 0.489 bits per heavy atom. The number of hydrogen-bond acceptors (Lipinski definition) is 3. The summed E-state index contributed by atoms with van der Waals surface area (Å²) in [5, 5.41) is 8.24. The monoisotopic (exact) mass is 728 g/mol. The molecule has 0 aliphatic carbocycles. The highest BCUT2D eigenvalue weighted by Crippen LogP contribution is 2.65. The van der Waals surface area contributed by atoms with Crippen LogP contribution in [-0.2, 0) is 0 Å². The van der Waals surface area contributed by atoms with Gasteiger partial charge < -0.3 is 0 Å². The first-order valence-corrected chi connectivity index (χ1v) is 18.8. The van der Waals surface area contributed by atoms with E-state index in [-0.39, 0.29) is 18.3 Å². The largest absolute Gasteiger partial charge is 0.291 e. The van der Waals surface area contributed by atoms with Gasteiger partial charge in [0.15, 0.2) is 12.7 Å². The lowest BCUT2D eigenvalue weighted by Gasteiger charge is -2.31. The Bertz CT molecular complexity index is 1780. The Labute approximate surface area is 301 Å². The molecule has 0 radical (unpaired) electrons. The predicted molar refractivity (Wildman–Crippen MR) is 208 cm³/mol. The number of carbonyl (C=O) groups is 1. The van der Waals surface area contributed by atoms with Crippen molar-refractivity contribution in [3.8, 4) is 0 Å². The summed E-state index contributed by atoms with van der Waals surface area (Å²) in [5.41, 5.74) is 1.43. The molecule has 0 bridgehead atoms. The van der Waals surface area contributed by atoms with Gasteiger partial charge in [-0.25, -0.2) is 0 Å². The number of amides is 1. The lowest BCUT2D eigenvalue weighted by Crippen LogP contribution is -2.38. The molecule has 0 aliphatic heterocycles. The van der Waals surface area contributed by atoms with E-state index in [0.717, 1.165) is 35.4 Å². The molecule has 0 fully saturated rings. The summed E-state index contributed by atoms with van der Waals surface area (Å²) >= 11 is 15.9. The van der Waals surface area contributed by atoms with E-state index in [1.165, 1.54) is 0 Å². The molecule has 234 valence electrons. The maximum absolute atomic E-state index is 14.3. The molecule has 8 heteroatoms. The van der Waals surface area contributed by atoms with Crippen LogP contribution >= 0.6 is 66.4 Å². The van der Waals surface area contributed by atoms with Gasteiger partial charge in [0.2, 0.25) is 0 Å². The number of nitrogens with one attached hydrogen (secondary N) is 1. The summed E-state index contributed by atoms with van der Waals surface area (Å²) in [7, 11) is -2.73. The van der Waals surface area contributed by atoms with Crippen LogP contribution in [0, 0.1) is 0 Å². The molecule has 0 atom stereocenters. The average Bonchev–Trinajstić information content (AvgIpc) is 3.11. The van der Waals surface area contributed by atoms with Crippen LogP contribution in [0.15, 0.2) is 189 Å². The smallest absolute Gasteiger partial charge is 0.258 e. The Kier molecular flexibility index (Phi) is 12.3. The molecular weight excluding hydrogens is 700 g/mol. The van der Waals surface area contributed by atoms with Gasteiger partial charge in [0.1, 0.15) is 20.2 Å². The van der Waals surface area contributed by atoms with Gasteiger partial charge >= 0.3 is 0 Å². The SMILES string of the molecule is Cl.O=C(NC(=C(Sc1ccc(Cl)cc1)Sc1ccc(Cl)cc1)[P+](c1ccccc1)(c1ccccc1)c1ccccc1)c1ccccc1. The van der Waals surface area contributed by atoms with Crippen LogP contribution < -0.4 is 21.2 Å². The molecule has 6 aromatic carbocycles. The number of halogens is 3. The maximum Gasteiger partial charge on any atom is 0.258 e. The second-order valence-corrected chi connectivity index (χ2v) is 16.9. The minimum atomic E-state index is -2.73. The highest BCUT2D eigenvalue weighted by atomic mass is 35.5. The number of hydrogen-bond donors (Lipinski definition) is 1. The third kappa shape index (κ3) is 8.16. The number of carbonyl (C=O) groups excluding carboxylic acids is 1. The maximum atomic E-state index is 14.3. The Balaban J connectivity index is 0.00000433. The zero-order valence-electron chi connectivity index (χ0n) is 25.0. The van der Waals surface area contributed by atoms with Crippen LogP contribution in [0.1, 0.15) is 10.4 Å². The molecule has 0 unspecified atom stereocenters. The normalized spacial score (nSPS) is 10.9. The molecular formula is C39H30Cl3NOPS2+. The number of thioether (sulfide) groups is 2. The first kappa shape index (κ1) is 34.9. The van der Waals surface area contributed by atoms with Gasteiger partial charge in [-0.1, -0.05) is 120 Å². The molecule has 0 saturated heterocycles. The summed E-state index contributed by atoms with van der Waals surface area (Å²) in [6.07, 6.45) is 0. The standard InChI is InChI=1S/C39H28Cl2NOPS2.ClH/c40-30-21-25-35(26-22-30)45-39(46-36-27-23-31(41)24-28-36)38(42-37(43)29-13-5-1-6-14-29)44(32-15-7-2-8-16-32,33-17-9-3-10-18-33)34-19-11-4-12-20-34;/h1-28H;1H/p+1. The van der Waals surface area contributed by atoms with Crippen molar-refractivity contribution in [1.29, 1.82) is 0 Å². The van der Waals surface area contributed by atoms with Gasteiger partial charge in [-0.05, 0) is 97.1 Å². The molecule has 1 N–H and O–H groups in total. The van der Waals surface area contributed by atoms with E-state index in [1.54, 1.807) is 23.5 Å². The Hall–Kier alpha value is -3.47. The van der Waals surface area contributed by atoms with Crippen molar-refractivity contribution in [2.45, 2.75) is 9.79 Å². The van der Waals surface area contributed by atoms with E-state index < -0.39 is 7.26 Å². The van der Waals surface area contributed by atoms with Crippen LogP contribution in [0.2, 0.25) is 10.0 Å². The molecule has 47 heavy (non-hydrogen) atoms. The lowest BCUT2D eigenvalue weighted by molar-refractivity contribution is 0.0968. The van der Waals surface area contributed by atoms with Gasteiger partial charge in [0.25, 0.3) is 5.91 Å². The number of rotatable bonds is 10. The van der Waals surface area contributed by atoms with Crippen molar-refractivity contribution in [3.05, 3.63) is 195 Å². The van der Waals surface area contributed by atoms with Crippen LogP contribution in [0.25, 0.3) is 0 Å². The van der Waals surface area contributed by atoms with Crippen LogP contribution in [-0.4, -0.2) is 5.91 Å². The van der Waals surface area contributed by atoms with Crippen molar-refractivity contribution in [3.63, 3.8) is 0 Å². The zero-order chi connectivity index (χ0) is 31.8. The molecule has 0 spiro atoms. The molecule has 1 amide bonds. The molecule has 0 aliphatic rings. The summed E-state index contributed by atoms with van der Waals surface area (Å²) in [4.78, 5) is 16.3. The molecule has 6 rings (SSSR count). The zero-order valence-corrected chi connectivity index (χ0v) is 29.9. The Morgan fingerprint density at radius 3 is 1.19 bits per heavy atom. The summed E-state index contributed by atoms with van der Waals surface area (Å²) in [6, 6.07) is 56.6. The van der Waals surface area contributed by atoms with E-state index >= 15 is 0 Å². The van der Waals surface area contributed by atoms with Crippen LogP contribution in [0.3, 0.4) is 0 Å². The predicted octanol–water partition coefficient (Wildman–Crippen LogP) is 10.9. The van der Waals surface area contributed by atoms with Crippen molar-refractivity contribution in [2.75, 3.05) is 0 Å². The lowest BCUT2D eigenvalue weighted by atomic mass is 10.2. The summed E-state index contributed by atoms with van der Waals surface area (Å²) in [6.45, 7) is 0. The first-order chi connectivity index (χ1) is 22.5. The minimum absolute atomic E-state index is 0. The van der Waals surface area contributed by atoms with E-state index in [0.29, 0.717) is 15.6 Å². The third-order valence-electron chi connectivity index (χ3n) is 7.28. The van der Waals surface area contributed by atoms with Crippen molar-refractivity contribution in [2.24, 2.45) is 0 Å². The van der Waals surface area contributed by atoms with E-state index in [4.69, 9.17) is 23.2 Å². The fourth-order valence-corrected chi connectivity index (χ4v) is 12.6. The van der Waals surface area contributed by atoms with Crippen LogP contribution in [0.4, 0.5) is 0 Å². The van der Waals surface area contributed by atoms with Gasteiger partial charge in [-0.2, -0.15) is 0 Å². The second-order valence-electron chi connectivity index (χ2n) is 10.2. The fourth-order valence-electron chi connectivity index (χ4n) is 5.17. The van der Waals surface area contributed by atoms with E-state index in [2.05, 4.69) is 78.1 Å². The van der Waals surface area contributed by atoms with Gasteiger partial charge in [-0.3, -0.25) is 10.1 Å². The van der Waals surface area contributed by atoms with Gasteiger partial charge in [-0.15, -0.1) is 12.4 Å². The number of benzene rings is 6. The van der Waals surface area contributed by atoms with E-state index in [1.807, 2.05) is 97.1 Å². The molecule has 0 heterocycles. The minimum Gasteiger partial charge on any atom is -0.291 e. The summed E-state index contributed by atoms with van der Waals surface area (Å²) < 4.78 is 0.943. The highest BCUT2D eigenvalue weighted by molar-refractivity contribution is 8.23. The van der Waals surface area contributed by atoms with Crippen LogP contribution in [0.5, 0.6) is 0 Å². The first-order valence-electron chi connectivity index (χ1n) is 14.6. The molecule has 6 aromatic rings. The van der Waals surface area contributed by atoms with Crippen molar-refractivity contribution < 1.29 is 4.79 Å². The average molecular weight is 730 g/mol. The van der Waals surface area contributed by atoms with Crippen molar-refractivity contribution in [1.82, 2.24) is 5.32 Å². The molecule has 0 saturated carbocycles. The molecule has 0 aromatic heterocycles.